The molecule has 2 aromatic rings. The van der Waals surface area contributed by atoms with Crippen LogP contribution in [0.25, 0.3) is 0 Å². The number of hydrogen-bond donors (Lipinski definition) is 0. The molecular weight excluding hydrogens is 466 g/mol. The zero-order valence-corrected chi connectivity index (χ0v) is 19.9. The van der Waals surface area contributed by atoms with E-state index in [0.717, 1.165) is 0 Å². The number of ether oxygens (including phenoxy) is 3. The van der Waals surface area contributed by atoms with Gasteiger partial charge in [0.05, 0.1) is 30.3 Å². The number of imide groups is 1. The van der Waals surface area contributed by atoms with Crippen molar-refractivity contribution in [2.45, 2.75) is 25.5 Å². The van der Waals surface area contributed by atoms with Gasteiger partial charge in [0.2, 0.25) is 12.0 Å². The minimum absolute atomic E-state index is 0.0722. The molecule has 2 aromatic carbocycles. The van der Waals surface area contributed by atoms with Gasteiger partial charge in [-0.2, -0.15) is 0 Å². The number of para-hydroxylation sites is 2. The van der Waals surface area contributed by atoms with E-state index in [1.54, 1.807) is 48.2 Å². The van der Waals surface area contributed by atoms with Crippen LogP contribution in [0.15, 0.2) is 48.5 Å². The predicted octanol–water partition coefficient (Wildman–Crippen LogP) is 1.48. The first-order valence-electron chi connectivity index (χ1n) is 12.0. The van der Waals surface area contributed by atoms with Crippen LogP contribution in [0.2, 0.25) is 0 Å². The van der Waals surface area contributed by atoms with Gasteiger partial charge in [0.15, 0.2) is 11.5 Å². The number of amides is 3. The second-order valence-electron chi connectivity index (χ2n) is 8.78. The Balaban J connectivity index is 1.18. The Kier molecular flexibility index (Phi) is 6.60. The zero-order valence-electron chi connectivity index (χ0n) is 19.9. The first-order chi connectivity index (χ1) is 17.5. The van der Waals surface area contributed by atoms with Crippen molar-refractivity contribution in [3.8, 4) is 11.5 Å². The van der Waals surface area contributed by atoms with Crippen molar-refractivity contribution in [2.24, 2.45) is 0 Å². The van der Waals surface area contributed by atoms with Gasteiger partial charge in [-0.15, -0.1) is 0 Å². The quantitative estimate of drug-likeness (QED) is 0.456. The number of carbonyl (C=O) groups excluding carboxylic acids is 4. The number of rotatable bonds is 5. The Labute approximate surface area is 208 Å². The fraction of sp³-hybridized carbons (Fsp3) is 0.385. The molecular formula is C26H27N3O7. The summed E-state index contributed by atoms with van der Waals surface area (Å²) in [5.41, 5.74) is 0.775. The van der Waals surface area contributed by atoms with E-state index in [-0.39, 0.29) is 37.4 Å². The van der Waals surface area contributed by atoms with Gasteiger partial charge >= 0.3 is 5.97 Å². The lowest BCUT2D eigenvalue weighted by atomic mass is 10.1. The first-order valence-corrected chi connectivity index (χ1v) is 12.0. The van der Waals surface area contributed by atoms with Crippen LogP contribution >= 0.6 is 0 Å². The molecule has 0 aliphatic carbocycles. The summed E-state index contributed by atoms with van der Waals surface area (Å²) in [5, 5.41) is 0. The summed E-state index contributed by atoms with van der Waals surface area (Å²) in [4.78, 5) is 55.6. The molecule has 0 spiro atoms. The Morgan fingerprint density at radius 1 is 0.972 bits per heavy atom. The number of esters is 1. The number of benzene rings is 2. The van der Waals surface area contributed by atoms with Crippen LogP contribution in [-0.4, -0.2) is 85.0 Å². The third kappa shape index (κ3) is 4.51. The van der Waals surface area contributed by atoms with Gasteiger partial charge in [-0.05, 0) is 43.3 Å². The third-order valence-electron chi connectivity index (χ3n) is 6.61. The molecule has 0 radical (unpaired) electrons. The molecule has 2 fully saturated rings. The summed E-state index contributed by atoms with van der Waals surface area (Å²) < 4.78 is 16.5. The van der Waals surface area contributed by atoms with E-state index in [9.17, 15) is 19.2 Å². The van der Waals surface area contributed by atoms with Crippen LogP contribution in [0.3, 0.4) is 0 Å². The molecule has 3 amide bonds. The molecule has 2 atom stereocenters. The topological polar surface area (TPSA) is 106 Å². The van der Waals surface area contributed by atoms with Crippen molar-refractivity contribution in [1.82, 2.24) is 9.80 Å². The second kappa shape index (κ2) is 9.98. The van der Waals surface area contributed by atoms with Gasteiger partial charge in [-0.25, -0.2) is 9.69 Å². The molecule has 36 heavy (non-hydrogen) atoms. The number of anilines is 1. The van der Waals surface area contributed by atoms with Crippen LogP contribution < -0.4 is 14.4 Å². The van der Waals surface area contributed by atoms with Crippen LogP contribution in [-0.2, 0) is 19.1 Å². The number of piperazine rings is 1. The molecule has 0 aromatic heterocycles. The number of fused-ring (bicyclic) bond motifs is 1. The van der Waals surface area contributed by atoms with Gasteiger partial charge in [-0.3, -0.25) is 19.3 Å². The third-order valence-corrected chi connectivity index (χ3v) is 6.61. The summed E-state index contributed by atoms with van der Waals surface area (Å²) in [6.07, 6.45) is -0.642. The SMILES string of the molecule is CCOC(=O)c1ccc(N2C(=O)C[C@H](N3CCN(C(=O)[C@@H]4COc5ccccc5O4)CC3)C2=O)cc1. The second-order valence-corrected chi connectivity index (χ2v) is 8.78. The molecule has 0 N–H and O–H groups in total. The number of hydrogen-bond acceptors (Lipinski definition) is 8. The maximum atomic E-state index is 13.2. The van der Waals surface area contributed by atoms with E-state index < -0.39 is 18.1 Å². The van der Waals surface area contributed by atoms with Crippen LogP contribution in [0.4, 0.5) is 5.69 Å². The summed E-state index contributed by atoms with van der Waals surface area (Å²) in [6.45, 7) is 3.92. The lowest BCUT2D eigenvalue weighted by Crippen LogP contribution is -2.57. The highest BCUT2D eigenvalue weighted by molar-refractivity contribution is 6.22. The average Bonchev–Trinajstić information content (AvgIpc) is 3.21. The molecule has 5 rings (SSSR count). The van der Waals surface area contributed by atoms with Crippen molar-refractivity contribution in [3.05, 3.63) is 54.1 Å². The fourth-order valence-corrected chi connectivity index (χ4v) is 4.73. The van der Waals surface area contributed by atoms with Crippen molar-refractivity contribution >= 4 is 29.4 Å². The van der Waals surface area contributed by atoms with Crippen molar-refractivity contribution in [2.75, 3.05) is 44.3 Å². The number of nitrogens with zero attached hydrogens (tertiary/aromatic N) is 3. The van der Waals surface area contributed by atoms with E-state index in [1.165, 1.54) is 4.90 Å². The summed E-state index contributed by atoms with van der Waals surface area (Å²) in [6, 6.07) is 12.9. The standard InChI is InChI=1S/C26H27N3O7/c1-2-34-26(33)17-7-9-18(10-8-17)29-23(30)15-19(24(29)31)27-11-13-28(14-12-27)25(32)22-16-35-20-5-3-4-6-21(20)36-22/h3-10,19,22H,2,11-16H2,1H3/t19-,22-/m0/s1. The lowest BCUT2D eigenvalue weighted by Gasteiger charge is -2.38. The van der Waals surface area contributed by atoms with E-state index in [4.69, 9.17) is 14.2 Å². The molecule has 0 unspecified atom stereocenters. The maximum absolute atomic E-state index is 13.2. The average molecular weight is 494 g/mol. The van der Waals surface area contributed by atoms with Crippen LogP contribution in [0.1, 0.15) is 23.7 Å². The summed E-state index contributed by atoms with van der Waals surface area (Å²) in [7, 11) is 0. The monoisotopic (exact) mass is 493 g/mol. The van der Waals surface area contributed by atoms with E-state index in [1.807, 2.05) is 17.0 Å². The van der Waals surface area contributed by atoms with Crippen molar-refractivity contribution in [3.63, 3.8) is 0 Å². The Hall–Kier alpha value is -3.92. The van der Waals surface area contributed by atoms with Gasteiger partial charge in [0.1, 0.15) is 6.61 Å². The Morgan fingerprint density at radius 3 is 2.36 bits per heavy atom. The summed E-state index contributed by atoms with van der Waals surface area (Å²) in [5.74, 6) is -0.0331. The first kappa shape index (κ1) is 23.8. The number of carbonyl (C=O) groups is 4. The van der Waals surface area contributed by atoms with Crippen LogP contribution in [0.5, 0.6) is 11.5 Å². The van der Waals surface area contributed by atoms with E-state index >= 15 is 0 Å². The highest BCUT2D eigenvalue weighted by atomic mass is 16.6. The van der Waals surface area contributed by atoms with Crippen LogP contribution in [0, 0.1) is 0 Å². The van der Waals surface area contributed by atoms with Crippen molar-refractivity contribution in [1.29, 1.82) is 0 Å². The largest absolute Gasteiger partial charge is 0.485 e. The van der Waals surface area contributed by atoms with Gasteiger partial charge in [-0.1, -0.05) is 12.1 Å². The Morgan fingerprint density at radius 2 is 1.67 bits per heavy atom. The van der Waals surface area contributed by atoms with E-state index in [0.29, 0.717) is 48.9 Å². The fourth-order valence-electron chi connectivity index (χ4n) is 4.73. The van der Waals surface area contributed by atoms with E-state index in [2.05, 4.69) is 0 Å². The highest BCUT2D eigenvalue weighted by Gasteiger charge is 2.44. The minimum Gasteiger partial charge on any atom is -0.485 e. The molecule has 3 heterocycles. The molecule has 188 valence electrons. The van der Waals surface area contributed by atoms with Gasteiger partial charge in [0, 0.05) is 26.2 Å². The molecule has 10 nitrogen and oxygen atoms in total. The van der Waals surface area contributed by atoms with Crippen molar-refractivity contribution < 1.29 is 33.4 Å². The predicted molar refractivity (Wildman–Crippen MR) is 128 cm³/mol. The lowest BCUT2D eigenvalue weighted by molar-refractivity contribution is -0.143. The molecule has 3 aliphatic heterocycles. The zero-order chi connectivity index (χ0) is 25.2. The molecule has 0 saturated carbocycles. The Bertz CT molecular complexity index is 1170. The smallest absolute Gasteiger partial charge is 0.338 e. The summed E-state index contributed by atoms with van der Waals surface area (Å²) >= 11 is 0. The van der Waals surface area contributed by atoms with Gasteiger partial charge in [0.25, 0.3) is 11.8 Å². The molecule has 3 aliphatic rings. The normalized spacial score (nSPS) is 22.0. The molecule has 2 saturated heterocycles. The van der Waals surface area contributed by atoms with Gasteiger partial charge < -0.3 is 19.1 Å². The minimum atomic E-state index is -0.714. The highest BCUT2D eigenvalue weighted by Crippen LogP contribution is 2.32. The molecule has 0 bridgehead atoms. The molecule has 10 heteroatoms. The maximum Gasteiger partial charge on any atom is 0.338 e.